The van der Waals surface area contributed by atoms with Gasteiger partial charge in [0, 0.05) is 49.0 Å². The average Bonchev–Trinajstić information content (AvgIpc) is 3.88. The van der Waals surface area contributed by atoms with Crippen LogP contribution in [0.4, 0.5) is 0 Å². The SMILES string of the molecule is C(/C1=NCCC1)=C1\CCC[N-]1.C(/C1=NCCC1)=C1\CCC[N-]1.C(/C1=NCCC1)=C1\CCC[N-]1.C(/C1=NCCC1)=C1\CCC[N-]1.[Cu+2].[Cu+2]. The molecule has 8 rings (SSSR count). The van der Waals surface area contributed by atoms with E-state index in [2.05, 4.69) is 65.5 Å². The van der Waals surface area contributed by atoms with Crippen LogP contribution in [0.25, 0.3) is 21.3 Å². The Balaban J connectivity index is 0.000000165. The van der Waals surface area contributed by atoms with Crippen LogP contribution in [-0.2, 0) is 34.1 Å². The molecule has 0 amide bonds. The molecule has 0 aromatic carbocycles. The average molecular weight is 724 g/mol. The van der Waals surface area contributed by atoms with Gasteiger partial charge in [0.15, 0.2) is 0 Å². The van der Waals surface area contributed by atoms with E-state index in [1.165, 1.54) is 148 Å². The predicted molar refractivity (Wildman–Crippen MR) is 188 cm³/mol. The fourth-order valence-electron chi connectivity index (χ4n) is 6.21. The van der Waals surface area contributed by atoms with Crippen LogP contribution in [0.5, 0.6) is 0 Å². The molecule has 0 N–H and O–H groups in total. The molecule has 4 saturated heterocycles. The van der Waals surface area contributed by atoms with Crippen molar-refractivity contribution in [1.82, 2.24) is 0 Å². The van der Waals surface area contributed by atoms with Crippen molar-refractivity contribution in [2.75, 3.05) is 52.4 Å². The molecule has 0 atom stereocenters. The second-order valence-electron chi connectivity index (χ2n) is 12.4. The molecule has 8 heterocycles. The van der Waals surface area contributed by atoms with Crippen LogP contribution in [0.3, 0.4) is 0 Å². The zero-order valence-electron chi connectivity index (χ0n) is 27.5. The molecular weight excluding hydrogens is 672 g/mol. The number of allylic oxidation sites excluding steroid dienone is 8. The number of hydrogen-bond donors (Lipinski definition) is 0. The summed E-state index contributed by atoms with van der Waals surface area (Å²) in [5, 5.41) is 17.5. The predicted octanol–water partition coefficient (Wildman–Crippen LogP) is 9.09. The Morgan fingerprint density at radius 1 is 0.326 bits per heavy atom. The number of aliphatic imine (C=N–C) groups is 4. The third-order valence-corrected chi connectivity index (χ3v) is 8.58. The molecule has 0 aliphatic carbocycles. The van der Waals surface area contributed by atoms with Gasteiger partial charge in [-0.05, 0) is 51.4 Å². The van der Waals surface area contributed by atoms with Crippen molar-refractivity contribution in [1.29, 1.82) is 0 Å². The minimum atomic E-state index is 0. The van der Waals surface area contributed by atoms with Crippen LogP contribution in [0, 0.1) is 0 Å². The summed E-state index contributed by atoms with van der Waals surface area (Å²) in [5.41, 5.74) is 10.2. The molecule has 8 nitrogen and oxygen atoms in total. The summed E-state index contributed by atoms with van der Waals surface area (Å²) in [7, 11) is 0. The number of hydrogen-bond acceptors (Lipinski definition) is 4. The maximum Gasteiger partial charge on any atom is 2.00 e. The molecule has 2 radical (unpaired) electrons. The first-order valence-electron chi connectivity index (χ1n) is 17.5. The van der Waals surface area contributed by atoms with Crippen LogP contribution in [-0.4, -0.2) is 75.2 Å². The summed E-state index contributed by atoms with van der Waals surface area (Å²) in [5.74, 6) is 0. The third kappa shape index (κ3) is 14.3. The Kier molecular flexibility index (Phi) is 18.7. The maximum atomic E-state index is 4.38. The molecule has 0 spiro atoms. The summed E-state index contributed by atoms with van der Waals surface area (Å²) in [6, 6.07) is 0. The molecule has 8 aliphatic rings. The van der Waals surface area contributed by atoms with Gasteiger partial charge >= 0.3 is 34.1 Å². The first-order valence-corrected chi connectivity index (χ1v) is 17.5. The molecule has 0 bridgehead atoms. The van der Waals surface area contributed by atoms with Crippen molar-refractivity contribution in [2.45, 2.75) is 103 Å². The zero-order chi connectivity index (χ0) is 30.1. The van der Waals surface area contributed by atoms with E-state index in [1.807, 2.05) is 0 Å². The summed E-state index contributed by atoms with van der Waals surface area (Å²) < 4.78 is 0. The Morgan fingerprint density at radius 2 is 0.565 bits per heavy atom. The van der Waals surface area contributed by atoms with Gasteiger partial charge in [-0.25, -0.2) is 0 Å². The van der Waals surface area contributed by atoms with Crippen molar-refractivity contribution in [3.8, 4) is 0 Å². The van der Waals surface area contributed by atoms with E-state index < -0.39 is 0 Å². The van der Waals surface area contributed by atoms with E-state index in [9.17, 15) is 0 Å². The third-order valence-electron chi connectivity index (χ3n) is 8.58. The fraction of sp³-hybridized carbons (Fsp3) is 0.667. The van der Waals surface area contributed by atoms with Crippen LogP contribution < -0.4 is 0 Å². The van der Waals surface area contributed by atoms with Crippen LogP contribution >= 0.6 is 0 Å². The van der Waals surface area contributed by atoms with E-state index in [0.29, 0.717) is 0 Å². The van der Waals surface area contributed by atoms with Crippen molar-refractivity contribution in [3.63, 3.8) is 0 Å². The second kappa shape index (κ2) is 22.4. The van der Waals surface area contributed by atoms with Crippen LogP contribution in [0.15, 0.2) is 67.1 Å². The van der Waals surface area contributed by atoms with E-state index >= 15 is 0 Å². The Hall–Kier alpha value is -2.12. The molecule has 0 saturated carbocycles. The van der Waals surface area contributed by atoms with E-state index in [-0.39, 0.29) is 34.1 Å². The van der Waals surface area contributed by atoms with E-state index in [1.54, 1.807) is 0 Å². The number of nitrogens with zero attached hydrogens (tertiary/aromatic N) is 8. The minimum Gasteiger partial charge on any atom is -0.688 e. The van der Waals surface area contributed by atoms with Crippen molar-refractivity contribution < 1.29 is 34.1 Å². The van der Waals surface area contributed by atoms with E-state index in [0.717, 1.165) is 52.4 Å². The summed E-state index contributed by atoms with van der Waals surface area (Å²) in [4.78, 5) is 17.5. The van der Waals surface area contributed by atoms with Gasteiger partial charge in [0.1, 0.15) is 0 Å². The molecule has 0 aromatic rings. The van der Waals surface area contributed by atoms with Gasteiger partial charge in [0.25, 0.3) is 0 Å². The summed E-state index contributed by atoms with van der Waals surface area (Å²) >= 11 is 0. The first kappa shape index (κ1) is 38.3. The van der Waals surface area contributed by atoms with Crippen molar-refractivity contribution in [2.24, 2.45) is 20.0 Å². The Labute approximate surface area is 299 Å². The molecule has 8 aliphatic heterocycles. The van der Waals surface area contributed by atoms with Gasteiger partial charge in [-0.15, -0.1) is 26.2 Å². The quantitative estimate of drug-likeness (QED) is 0.258. The normalized spacial score (nSPS) is 26.1. The smallest absolute Gasteiger partial charge is 0.688 e. The minimum absolute atomic E-state index is 0. The monoisotopic (exact) mass is 722 g/mol. The summed E-state index contributed by atoms with van der Waals surface area (Å²) in [6.07, 6.45) is 27.9. The zero-order valence-corrected chi connectivity index (χ0v) is 29.3. The van der Waals surface area contributed by atoms with Crippen LogP contribution in [0.2, 0.25) is 0 Å². The molecule has 4 fully saturated rings. The Morgan fingerprint density at radius 3 is 0.717 bits per heavy atom. The van der Waals surface area contributed by atoms with Crippen molar-refractivity contribution >= 4 is 22.8 Å². The van der Waals surface area contributed by atoms with Crippen LogP contribution in [0.1, 0.15) is 103 Å². The number of rotatable bonds is 4. The van der Waals surface area contributed by atoms with Gasteiger partial charge in [-0.3, -0.25) is 20.0 Å². The fourth-order valence-corrected chi connectivity index (χ4v) is 6.21. The van der Waals surface area contributed by atoms with E-state index in [4.69, 9.17) is 0 Å². The van der Waals surface area contributed by atoms with Gasteiger partial charge in [0.05, 0.1) is 0 Å². The first-order chi connectivity index (χ1) is 21.8. The molecule has 0 unspecified atom stereocenters. The molecule has 0 aromatic heterocycles. The maximum absolute atomic E-state index is 4.38. The van der Waals surface area contributed by atoms with Gasteiger partial charge in [0.2, 0.25) is 0 Å². The largest absolute Gasteiger partial charge is 2.00 e. The van der Waals surface area contributed by atoms with Crippen molar-refractivity contribution in [3.05, 3.63) is 68.4 Å². The molecular formula is C36H52Cu2N8. The second-order valence-corrected chi connectivity index (χ2v) is 12.4. The topological polar surface area (TPSA) is 106 Å². The van der Waals surface area contributed by atoms with Gasteiger partial charge in [-0.2, -0.15) is 22.8 Å². The van der Waals surface area contributed by atoms with Gasteiger partial charge in [-0.1, -0.05) is 75.7 Å². The molecule has 258 valence electrons. The standard InChI is InChI=1S/4C9H13N2.2Cu/c4*1-3-8(10-5-1)7-9-4-2-6-11-9;;/h4*7H,1-6H2;;/q4*-1;2*+2/b4*8-7-;;. The molecule has 10 heteroatoms. The van der Waals surface area contributed by atoms with Gasteiger partial charge < -0.3 is 21.3 Å². The molecule has 46 heavy (non-hydrogen) atoms. The summed E-state index contributed by atoms with van der Waals surface area (Å²) in [6.45, 7) is 8.22. The Bertz CT molecular complexity index is 978.